The van der Waals surface area contributed by atoms with Crippen LogP contribution in [-0.2, 0) is 0 Å². The SMILES string of the molecule is c1ccc2c(c1)oc1c(-c3cccc4c3sc3c(-c5nc(-c6ccc7c8ccccc8c8ccccc8c7c6)nc(-c6cccc7oc8ccccc8c67)n5)cccc34)cccc12. The molecule has 4 heterocycles. The number of aromatic nitrogens is 3. The lowest BCUT2D eigenvalue weighted by Gasteiger charge is -2.13. The highest BCUT2D eigenvalue weighted by atomic mass is 32.1. The number of para-hydroxylation sites is 3. The summed E-state index contributed by atoms with van der Waals surface area (Å²) in [7, 11) is 0. The summed E-state index contributed by atoms with van der Waals surface area (Å²) in [4.78, 5) is 16.1. The van der Waals surface area contributed by atoms with Gasteiger partial charge in [-0.05, 0) is 62.6 Å². The van der Waals surface area contributed by atoms with Crippen molar-refractivity contribution in [3.8, 4) is 45.3 Å². The summed E-state index contributed by atoms with van der Waals surface area (Å²) in [5.74, 6) is 1.81. The molecule has 4 aromatic heterocycles. The lowest BCUT2D eigenvalue weighted by molar-refractivity contribution is 0.669. The van der Waals surface area contributed by atoms with Gasteiger partial charge in [0.25, 0.3) is 0 Å². The summed E-state index contributed by atoms with van der Waals surface area (Å²) in [6.07, 6.45) is 0. The van der Waals surface area contributed by atoms with Crippen LogP contribution in [0.5, 0.6) is 0 Å². The molecule has 14 rings (SSSR count). The predicted octanol–water partition coefficient (Wildman–Crippen LogP) is 16.2. The minimum atomic E-state index is 0.589. The maximum absolute atomic E-state index is 6.56. The molecule has 10 aromatic carbocycles. The Morgan fingerprint density at radius 1 is 0.302 bits per heavy atom. The Hall–Kier alpha value is -8.19. The van der Waals surface area contributed by atoms with Crippen molar-refractivity contribution in [2.75, 3.05) is 0 Å². The monoisotopic (exact) mass is 821 g/mol. The van der Waals surface area contributed by atoms with Crippen LogP contribution in [0.1, 0.15) is 0 Å². The van der Waals surface area contributed by atoms with Crippen molar-refractivity contribution in [1.29, 1.82) is 0 Å². The van der Waals surface area contributed by atoms with E-state index in [4.69, 9.17) is 23.8 Å². The molecule has 0 aliphatic carbocycles. The van der Waals surface area contributed by atoms with Crippen molar-refractivity contribution in [2.24, 2.45) is 0 Å². The van der Waals surface area contributed by atoms with Gasteiger partial charge in [0.2, 0.25) is 0 Å². The molecule has 0 saturated heterocycles. The molecule has 14 aromatic rings. The van der Waals surface area contributed by atoms with Crippen LogP contribution < -0.4 is 0 Å². The van der Waals surface area contributed by atoms with Crippen molar-refractivity contribution in [2.45, 2.75) is 0 Å². The van der Waals surface area contributed by atoms with E-state index in [-0.39, 0.29) is 0 Å². The van der Waals surface area contributed by atoms with E-state index in [1.807, 2.05) is 42.5 Å². The Kier molecular flexibility index (Phi) is 7.21. The third-order valence-electron chi connectivity index (χ3n) is 12.7. The van der Waals surface area contributed by atoms with Crippen molar-refractivity contribution in [3.05, 3.63) is 188 Å². The number of hydrogen-bond donors (Lipinski definition) is 0. The maximum atomic E-state index is 6.56. The van der Waals surface area contributed by atoms with Gasteiger partial charge in [0.15, 0.2) is 17.5 Å². The minimum Gasteiger partial charge on any atom is -0.456 e. The number of benzene rings is 10. The van der Waals surface area contributed by atoms with E-state index in [0.29, 0.717) is 17.5 Å². The molecule has 6 heteroatoms. The molecule has 63 heavy (non-hydrogen) atoms. The fourth-order valence-corrected chi connectivity index (χ4v) is 11.3. The summed E-state index contributed by atoms with van der Waals surface area (Å²) < 4.78 is 15.2. The standard InChI is InChI=1S/C57H31N3O2S/c1-2-15-35-33(13-1)34-14-3-4-16-36(34)47-31-32(29-30-37(35)47)55-58-56(45-24-12-28-50-51(45)44-18-6-8-27-49(44)61-50)60-57(59-55)46-25-11-23-43-42-22-10-21-41(53(42)63-54(43)46)40-20-9-19-39-38-17-5-7-26-48(38)62-52(39)40/h1-31H. The van der Waals surface area contributed by atoms with Crippen molar-refractivity contribution < 1.29 is 8.83 Å². The van der Waals surface area contributed by atoms with E-state index in [0.717, 1.165) is 87.2 Å². The fourth-order valence-electron chi connectivity index (χ4n) is 9.92. The van der Waals surface area contributed by atoms with Crippen molar-refractivity contribution >= 4 is 108 Å². The third kappa shape index (κ3) is 5.07. The van der Waals surface area contributed by atoms with E-state index in [1.54, 1.807) is 11.3 Å². The number of nitrogens with zero attached hydrogens (tertiary/aromatic N) is 3. The van der Waals surface area contributed by atoms with Gasteiger partial charge < -0.3 is 8.83 Å². The van der Waals surface area contributed by atoms with Crippen LogP contribution in [0.2, 0.25) is 0 Å². The second-order valence-corrected chi connectivity index (χ2v) is 17.2. The second kappa shape index (κ2) is 13.2. The number of fused-ring (bicyclic) bond motifs is 15. The molecule has 5 nitrogen and oxygen atoms in total. The summed E-state index contributed by atoms with van der Waals surface area (Å²) >= 11 is 1.78. The lowest BCUT2D eigenvalue weighted by atomic mass is 9.93. The topological polar surface area (TPSA) is 65.0 Å². The Bertz CT molecular complexity index is 4200. The molecule has 0 atom stereocenters. The predicted molar refractivity (Wildman–Crippen MR) is 262 cm³/mol. The van der Waals surface area contributed by atoms with E-state index in [9.17, 15) is 0 Å². The van der Waals surface area contributed by atoms with E-state index < -0.39 is 0 Å². The molecule has 0 N–H and O–H groups in total. The molecule has 0 spiro atoms. The molecular weight excluding hydrogens is 791 g/mol. The average Bonchev–Trinajstić information content (AvgIpc) is 4.05. The minimum absolute atomic E-state index is 0.589. The van der Waals surface area contributed by atoms with Crippen LogP contribution in [0.4, 0.5) is 0 Å². The zero-order chi connectivity index (χ0) is 41.2. The first kappa shape index (κ1) is 34.5. The van der Waals surface area contributed by atoms with Gasteiger partial charge >= 0.3 is 0 Å². The van der Waals surface area contributed by atoms with Gasteiger partial charge in [0.1, 0.15) is 22.3 Å². The zero-order valence-electron chi connectivity index (χ0n) is 33.5. The lowest BCUT2D eigenvalue weighted by Crippen LogP contribution is -2.00. The second-order valence-electron chi connectivity index (χ2n) is 16.2. The van der Waals surface area contributed by atoms with E-state index in [2.05, 4.69) is 146 Å². The van der Waals surface area contributed by atoms with Gasteiger partial charge in [0, 0.05) is 69.5 Å². The number of furan rings is 2. The third-order valence-corrected chi connectivity index (χ3v) is 14.0. The molecule has 0 aliphatic rings. The molecule has 0 bridgehead atoms. The van der Waals surface area contributed by atoms with Gasteiger partial charge in [-0.25, -0.2) is 15.0 Å². The summed E-state index contributed by atoms with van der Waals surface area (Å²) in [5, 5.41) is 13.8. The highest BCUT2D eigenvalue weighted by Crippen LogP contribution is 2.46. The molecule has 0 radical (unpaired) electrons. The Morgan fingerprint density at radius 3 is 1.51 bits per heavy atom. The van der Waals surface area contributed by atoms with Gasteiger partial charge in [-0.1, -0.05) is 158 Å². The first-order chi connectivity index (χ1) is 31.2. The molecular formula is C57H31N3O2S. The largest absolute Gasteiger partial charge is 0.456 e. The highest BCUT2D eigenvalue weighted by molar-refractivity contribution is 7.26. The number of rotatable bonds is 4. The van der Waals surface area contributed by atoms with Crippen LogP contribution in [-0.4, -0.2) is 15.0 Å². The van der Waals surface area contributed by atoms with Gasteiger partial charge in [-0.2, -0.15) is 0 Å². The number of thiophene rings is 1. The Balaban J connectivity index is 1.03. The van der Waals surface area contributed by atoms with E-state index >= 15 is 0 Å². The normalized spacial score (nSPS) is 12.1. The average molecular weight is 822 g/mol. The summed E-state index contributed by atoms with van der Waals surface area (Å²) in [6, 6.07) is 66.1. The molecule has 0 fully saturated rings. The molecule has 0 saturated carbocycles. The summed E-state index contributed by atoms with van der Waals surface area (Å²) in [5.41, 5.74) is 8.37. The molecule has 0 amide bonds. The fraction of sp³-hybridized carbons (Fsp3) is 0. The maximum Gasteiger partial charge on any atom is 0.165 e. The van der Waals surface area contributed by atoms with Crippen LogP contribution >= 0.6 is 11.3 Å². The van der Waals surface area contributed by atoms with E-state index in [1.165, 1.54) is 37.0 Å². The smallest absolute Gasteiger partial charge is 0.165 e. The Labute approximate surface area is 363 Å². The Morgan fingerprint density at radius 2 is 0.778 bits per heavy atom. The van der Waals surface area contributed by atoms with Crippen LogP contribution in [0.15, 0.2) is 197 Å². The molecule has 0 unspecified atom stereocenters. The van der Waals surface area contributed by atoms with Crippen molar-refractivity contribution in [3.63, 3.8) is 0 Å². The quantitative estimate of drug-likeness (QED) is 0.165. The first-order valence-corrected chi connectivity index (χ1v) is 21.9. The van der Waals surface area contributed by atoms with Gasteiger partial charge in [-0.3, -0.25) is 0 Å². The van der Waals surface area contributed by atoms with Crippen LogP contribution in [0.25, 0.3) is 142 Å². The first-order valence-electron chi connectivity index (χ1n) is 21.1. The zero-order valence-corrected chi connectivity index (χ0v) is 34.3. The van der Waals surface area contributed by atoms with Gasteiger partial charge in [-0.15, -0.1) is 11.3 Å². The number of hydrogen-bond acceptors (Lipinski definition) is 6. The van der Waals surface area contributed by atoms with Crippen molar-refractivity contribution in [1.82, 2.24) is 15.0 Å². The van der Waals surface area contributed by atoms with Crippen LogP contribution in [0, 0.1) is 0 Å². The molecule has 292 valence electrons. The van der Waals surface area contributed by atoms with Crippen LogP contribution in [0.3, 0.4) is 0 Å². The molecule has 0 aliphatic heterocycles. The van der Waals surface area contributed by atoms with Gasteiger partial charge in [0.05, 0.1) is 0 Å². The highest BCUT2D eigenvalue weighted by Gasteiger charge is 2.22. The summed E-state index contributed by atoms with van der Waals surface area (Å²) in [6.45, 7) is 0.